The van der Waals surface area contributed by atoms with Crippen LogP contribution in [0.4, 0.5) is 8.78 Å². The monoisotopic (exact) mass is 385 g/mol. The van der Waals surface area contributed by atoms with Crippen LogP contribution in [0, 0.1) is 11.6 Å². The molecule has 27 heavy (non-hydrogen) atoms. The number of aromatic nitrogens is 4. The van der Waals surface area contributed by atoms with Crippen LogP contribution in [0.1, 0.15) is 21.7 Å². The first-order valence-electron chi connectivity index (χ1n) is 8.32. The van der Waals surface area contributed by atoms with Gasteiger partial charge in [0.2, 0.25) is 0 Å². The Bertz CT molecular complexity index is 1130. The number of hydrogen-bond donors (Lipinski definition) is 2. The molecule has 9 heteroatoms. The highest BCUT2D eigenvalue weighted by atomic mass is 32.1. The summed E-state index contributed by atoms with van der Waals surface area (Å²) >= 11 is 1.48. The maximum atomic E-state index is 13.9. The second-order valence-corrected chi connectivity index (χ2v) is 7.09. The number of thiazole rings is 1. The number of rotatable bonds is 2. The van der Waals surface area contributed by atoms with Gasteiger partial charge in [0.1, 0.15) is 17.3 Å². The third-order valence-electron chi connectivity index (χ3n) is 4.82. The molecule has 0 atom stereocenters. The van der Waals surface area contributed by atoms with Crippen molar-refractivity contribution in [2.45, 2.75) is 13.0 Å². The lowest BCUT2D eigenvalue weighted by Crippen LogP contribution is -2.36. The van der Waals surface area contributed by atoms with Gasteiger partial charge in [-0.3, -0.25) is 9.89 Å². The van der Waals surface area contributed by atoms with Crippen LogP contribution in [0.25, 0.3) is 22.3 Å². The maximum absolute atomic E-state index is 13.9. The summed E-state index contributed by atoms with van der Waals surface area (Å²) in [5.74, 6) is -1.46. The Labute approximate surface area is 155 Å². The van der Waals surface area contributed by atoms with E-state index in [4.69, 9.17) is 0 Å². The van der Waals surface area contributed by atoms with E-state index in [0.717, 1.165) is 34.8 Å². The molecule has 0 spiro atoms. The molecule has 4 heterocycles. The number of H-pyrrole nitrogens is 2. The first-order valence-corrected chi connectivity index (χ1v) is 9.27. The van der Waals surface area contributed by atoms with E-state index in [0.29, 0.717) is 19.5 Å². The van der Waals surface area contributed by atoms with Crippen molar-refractivity contribution in [2.24, 2.45) is 0 Å². The van der Waals surface area contributed by atoms with Gasteiger partial charge in [-0.05, 0) is 18.2 Å². The van der Waals surface area contributed by atoms with Crippen molar-refractivity contribution in [3.05, 3.63) is 57.7 Å². The summed E-state index contributed by atoms with van der Waals surface area (Å²) < 4.78 is 27.8. The van der Waals surface area contributed by atoms with Crippen molar-refractivity contribution >= 4 is 28.1 Å². The van der Waals surface area contributed by atoms with Crippen LogP contribution in [-0.4, -0.2) is 37.5 Å². The van der Waals surface area contributed by atoms with Gasteiger partial charge in [0, 0.05) is 29.3 Å². The number of fused-ring (bicyclic) bond motifs is 2. The lowest BCUT2D eigenvalue weighted by Gasteiger charge is -2.26. The van der Waals surface area contributed by atoms with E-state index < -0.39 is 11.6 Å². The summed E-state index contributed by atoms with van der Waals surface area (Å²) in [6, 6.07) is 3.46. The summed E-state index contributed by atoms with van der Waals surface area (Å²) in [5, 5.41) is 9.32. The molecule has 0 saturated carbocycles. The van der Waals surface area contributed by atoms with Crippen LogP contribution in [0.5, 0.6) is 0 Å². The standard InChI is InChI=1S/C18H13F2N5OS/c19-11-1-2-12(20)16-9(11)5-14(22-16)18(26)25-4-3-13-10(6-25)17(24-23-13)15-7-27-8-21-15/h1-2,5,7-8,22H,3-4,6H2,(H,23,24). The zero-order chi connectivity index (χ0) is 18.5. The van der Waals surface area contributed by atoms with E-state index in [1.807, 2.05) is 5.38 Å². The summed E-state index contributed by atoms with van der Waals surface area (Å²) in [7, 11) is 0. The van der Waals surface area contributed by atoms with Crippen LogP contribution in [0.15, 0.2) is 29.1 Å². The third kappa shape index (κ3) is 2.54. The number of hydrogen-bond acceptors (Lipinski definition) is 4. The molecule has 5 rings (SSSR count). The molecule has 2 N–H and O–H groups in total. The lowest BCUT2D eigenvalue weighted by molar-refractivity contribution is 0.0729. The minimum Gasteiger partial charge on any atom is -0.348 e. The number of aromatic amines is 2. The Hall–Kier alpha value is -3.07. The normalized spacial score (nSPS) is 13.9. The number of nitrogens with zero attached hydrogens (tertiary/aromatic N) is 3. The number of carbonyl (C=O) groups is 1. The number of nitrogens with one attached hydrogen (secondary N) is 2. The van der Waals surface area contributed by atoms with Crippen molar-refractivity contribution in [2.75, 3.05) is 6.54 Å². The Kier molecular flexibility index (Phi) is 3.57. The minimum absolute atomic E-state index is 0.00233. The van der Waals surface area contributed by atoms with Gasteiger partial charge < -0.3 is 9.88 Å². The Morgan fingerprint density at radius 2 is 2.11 bits per heavy atom. The average molecular weight is 385 g/mol. The van der Waals surface area contributed by atoms with E-state index in [1.54, 1.807) is 10.4 Å². The maximum Gasteiger partial charge on any atom is 0.270 e. The highest BCUT2D eigenvalue weighted by molar-refractivity contribution is 7.07. The van der Waals surface area contributed by atoms with Crippen LogP contribution in [0.2, 0.25) is 0 Å². The molecule has 4 aromatic rings. The van der Waals surface area contributed by atoms with Gasteiger partial charge in [0.25, 0.3) is 5.91 Å². The Morgan fingerprint density at radius 1 is 1.26 bits per heavy atom. The van der Waals surface area contributed by atoms with Crippen LogP contribution < -0.4 is 0 Å². The highest BCUT2D eigenvalue weighted by Gasteiger charge is 2.28. The molecule has 136 valence electrons. The van der Waals surface area contributed by atoms with Gasteiger partial charge in [0.15, 0.2) is 0 Å². The molecule has 0 aliphatic carbocycles. The van der Waals surface area contributed by atoms with Crippen LogP contribution in [-0.2, 0) is 13.0 Å². The van der Waals surface area contributed by atoms with E-state index in [1.165, 1.54) is 17.4 Å². The fourth-order valence-corrected chi connectivity index (χ4v) is 3.99. The van der Waals surface area contributed by atoms with Crippen molar-refractivity contribution in [3.8, 4) is 11.4 Å². The zero-order valence-corrected chi connectivity index (χ0v) is 14.7. The molecule has 6 nitrogen and oxygen atoms in total. The van der Waals surface area contributed by atoms with Crippen molar-refractivity contribution in [1.29, 1.82) is 0 Å². The van der Waals surface area contributed by atoms with Crippen LogP contribution in [0.3, 0.4) is 0 Å². The SMILES string of the molecule is O=C(c1cc2c(F)ccc(F)c2[nH]1)N1CCc2n[nH]c(-c3cscn3)c2C1. The number of benzene rings is 1. The predicted molar refractivity (Wildman–Crippen MR) is 96.4 cm³/mol. The van der Waals surface area contributed by atoms with Crippen molar-refractivity contribution in [3.63, 3.8) is 0 Å². The summed E-state index contributed by atoms with van der Waals surface area (Å²) in [5.41, 5.74) is 5.33. The average Bonchev–Trinajstić information content (AvgIpc) is 3.42. The van der Waals surface area contributed by atoms with E-state index >= 15 is 0 Å². The Morgan fingerprint density at radius 3 is 2.89 bits per heavy atom. The van der Waals surface area contributed by atoms with Gasteiger partial charge in [-0.15, -0.1) is 11.3 Å². The van der Waals surface area contributed by atoms with Crippen LogP contribution >= 0.6 is 11.3 Å². The molecule has 0 radical (unpaired) electrons. The molecule has 1 aliphatic rings. The van der Waals surface area contributed by atoms with Gasteiger partial charge in [0.05, 0.1) is 34.7 Å². The number of amides is 1. The van der Waals surface area contributed by atoms with Gasteiger partial charge in [-0.25, -0.2) is 13.8 Å². The fraction of sp³-hybridized carbons (Fsp3) is 0.167. The molecule has 0 saturated heterocycles. The molecule has 1 aromatic carbocycles. The minimum atomic E-state index is -0.591. The van der Waals surface area contributed by atoms with E-state index in [2.05, 4.69) is 20.2 Å². The molecule has 0 unspecified atom stereocenters. The Balaban J connectivity index is 1.48. The predicted octanol–water partition coefficient (Wildman–Crippen LogP) is 3.49. The van der Waals surface area contributed by atoms with Crippen molar-refractivity contribution < 1.29 is 13.6 Å². The molecule has 3 aromatic heterocycles. The second-order valence-electron chi connectivity index (χ2n) is 6.38. The quantitative estimate of drug-likeness (QED) is 0.554. The smallest absolute Gasteiger partial charge is 0.270 e. The fourth-order valence-electron chi connectivity index (χ4n) is 3.45. The van der Waals surface area contributed by atoms with Gasteiger partial charge >= 0.3 is 0 Å². The first-order chi connectivity index (χ1) is 13.1. The van der Waals surface area contributed by atoms with Gasteiger partial charge in [-0.2, -0.15) is 5.10 Å². The summed E-state index contributed by atoms with van der Waals surface area (Å²) in [4.78, 5) is 21.6. The zero-order valence-electron chi connectivity index (χ0n) is 13.9. The van der Waals surface area contributed by atoms with Crippen molar-refractivity contribution in [1.82, 2.24) is 25.1 Å². The lowest BCUT2D eigenvalue weighted by atomic mass is 10.0. The van der Waals surface area contributed by atoms with E-state index in [-0.39, 0.29) is 22.5 Å². The topological polar surface area (TPSA) is 77.7 Å². The molecule has 0 bridgehead atoms. The largest absolute Gasteiger partial charge is 0.348 e. The second kappa shape index (κ2) is 5.98. The highest BCUT2D eigenvalue weighted by Crippen LogP contribution is 2.29. The first kappa shape index (κ1) is 16.1. The molecular formula is C18H13F2N5OS. The molecular weight excluding hydrogens is 372 g/mol. The molecule has 1 amide bonds. The van der Waals surface area contributed by atoms with Gasteiger partial charge in [-0.1, -0.05) is 0 Å². The number of halogens is 2. The third-order valence-corrected chi connectivity index (χ3v) is 5.40. The molecule has 0 fully saturated rings. The molecule has 1 aliphatic heterocycles. The summed E-state index contributed by atoms with van der Waals surface area (Å²) in [6.07, 6.45) is 0.602. The van der Waals surface area contributed by atoms with E-state index in [9.17, 15) is 13.6 Å². The number of carbonyl (C=O) groups excluding carboxylic acids is 1. The summed E-state index contributed by atoms with van der Waals surface area (Å²) in [6.45, 7) is 0.839.